The summed E-state index contributed by atoms with van der Waals surface area (Å²) in [7, 11) is 0. The van der Waals surface area contributed by atoms with Gasteiger partial charge in [-0.2, -0.15) is 0 Å². The number of hydrogen-bond acceptors (Lipinski definition) is 5. The van der Waals surface area contributed by atoms with E-state index in [0.29, 0.717) is 39.6 Å². The van der Waals surface area contributed by atoms with Crippen molar-refractivity contribution in [3.63, 3.8) is 0 Å². The first-order valence-corrected chi connectivity index (χ1v) is 4.43. The second-order valence-corrected chi connectivity index (χ2v) is 2.58. The zero-order chi connectivity index (χ0) is 9.36. The Hall–Kier alpha value is -0.200. The van der Waals surface area contributed by atoms with Crippen LogP contribution in [-0.4, -0.2) is 57.6 Å². The summed E-state index contributed by atoms with van der Waals surface area (Å²) in [6, 6.07) is 0. The summed E-state index contributed by atoms with van der Waals surface area (Å²) in [5, 5.41) is 8.39. The van der Waals surface area contributed by atoms with Gasteiger partial charge < -0.3 is 24.1 Å². The summed E-state index contributed by atoms with van der Waals surface area (Å²) in [6.07, 6.45) is -0.210. The van der Waals surface area contributed by atoms with Crippen molar-refractivity contribution in [2.45, 2.75) is 6.29 Å². The lowest BCUT2D eigenvalue weighted by Gasteiger charge is -2.09. The van der Waals surface area contributed by atoms with E-state index in [4.69, 9.17) is 24.1 Å². The van der Waals surface area contributed by atoms with Crippen LogP contribution in [0.1, 0.15) is 0 Å². The molecule has 0 bridgehead atoms. The van der Waals surface area contributed by atoms with E-state index in [1.807, 2.05) is 0 Å². The molecule has 1 heterocycles. The maximum absolute atomic E-state index is 8.39. The fourth-order valence-corrected chi connectivity index (χ4v) is 0.967. The lowest BCUT2D eigenvalue weighted by molar-refractivity contribution is -0.100. The van der Waals surface area contributed by atoms with Gasteiger partial charge in [0.15, 0.2) is 6.29 Å². The van der Waals surface area contributed by atoms with Crippen molar-refractivity contribution in [2.24, 2.45) is 0 Å². The molecular weight excluding hydrogens is 176 g/mol. The Morgan fingerprint density at radius 2 is 1.77 bits per heavy atom. The molecule has 5 heteroatoms. The first-order valence-electron chi connectivity index (χ1n) is 4.43. The third-order valence-corrected chi connectivity index (χ3v) is 1.55. The highest BCUT2D eigenvalue weighted by atomic mass is 16.7. The van der Waals surface area contributed by atoms with E-state index in [9.17, 15) is 0 Å². The van der Waals surface area contributed by atoms with Crippen molar-refractivity contribution in [2.75, 3.05) is 46.2 Å². The third kappa shape index (κ3) is 5.17. The molecule has 0 aromatic heterocycles. The molecule has 0 spiro atoms. The molecule has 0 aromatic rings. The van der Waals surface area contributed by atoms with Crippen LogP contribution in [0.25, 0.3) is 0 Å². The minimum atomic E-state index is -0.210. The predicted molar refractivity (Wildman–Crippen MR) is 44.4 cm³/mol. The first-order chi connectivity index (χ1) is 6.43. The van der Waals surface area contributed by atoms with Gasteiger partial charge >= 0.3 is 0 Å². The van der Waals surface area contributed by atoms with E-state index in [1.54, 1.807) is 0 Å². The Morgan fingerprint density at radius 1 is 1.08 bits per heavy atom. The molecule has 13 heavy (non-hydrogen) atoms. The van der Waals surface area contributed by atoms with E-state index >= 15 is 0 Å². The van der Waals surface area contributed by atoms with Gasteiger partial charge in [-0.1, -0.05) is 0 Å². The van der Waals surface area contributed by atoms with E-state index in [-0.39, 0.29) is 12.9 Å². The molecule has 1 aliphatic rings. The van der Waals surface area contributed by atoms with E-state index in [0.717, 1.165) is 0 Å². The zero-order valence-electron chi connectivity index (χ0n) is 7.61. The lowest BCUT2D eigenvalue weighted by atomic mass is 10.6. The van der Waals surface area contributed by atoms with Gasteiger partial charge in [0.1, 0.15) is 0 Å². The summed E-state index contributed by atoms with van der Waals surface area (Å²) in [5.74, 6) is 0. The number of ether oxygens (including phenoxy) is 4. The highest BCUT2D eigenvalue weighted by Crippen LogP contribution is 2.03. The number of rotatable bonds is 7. The second-order valence-electron chi connectivity index (χ2n) is 2.58. The molecular formula is C8H16O5. The molecule has 1 saturated heterocycles. The second kappa shape index (κ2) is 7.23. The molecule has 1 aliphatic heterocycles. The number of hydrogen-bond donors (Lipinski definition) is 1. The fraction of sp³-hybridized carbons (Fsp3) is 1.00. The molecule has 1 N–H and O–H groups in total. The monoisotopic (exact) mass is 192 g/mol. The van der Waals surface area contributed by atoms with Crippen molar-refractivity contribution in [1.82, 2.24) is 0 Å². The highest BCUT2D eigenvalue weighted by molar-refractivity contribution is 4.49. The van der Waals surface area contributed by atoms with Gasteiger partial charge in [-0.15, -0.1) is 0 Å². The van der Waals surface area contributed by atoms with Crippen LogP contribution in [-0.2, 0) is 18.9 Å². The third-order valence-electron chi connectivity index (χ3n) is 1.55. The Balaban J connectivity index is 1.78. The Bertz CT molecular complexity index is 113. The molecule has 78 valence electrons. The smallest absolute Gasteiger partial charge is 0.181 e. The van der Waals surface area contributed by atoms with Crippen molar-refractivity contribution in [3.05, 3.63) is 0 Å². The predicted octanol–water partition coefficient (Wildman–Crippen LogP) is -0.615. The van der Waals surface area contributed by atoms with Gasteiger partial charge in [0.05, 0.1) is 46.2 Å². The summed E-state index contributed by atoms with van der Waals surface area (Å²) in [5.41, 5.74) is 0. The molecule has 0 atom stereocenters. The van der Waals surface area contributed by atoms with E-state index < -0.39 is 0 Å². The number of aliphatic hydroxyl groups excluding tert-OH is 1. The molecule has 0 radical (unpaired) electrons. The van der Waals surface area contributed by atoms with Crippen molar-refractivity contribution in [1.29, 1.82) is 0 Å². The minimum absolute atomic E-state index is 0.0504. The molecule has 1 rings (SSSR count). The van der Waals surface area contributed by atoms with E-state index in [2.05, 4.69) is 0 Å². The maximum atomic E-state index is 8.39. The van der Waals surface area contributed by atoms with Gasteiger partial charge in [-0.05, 0) is 0 Å². The van der Waals surface area contributed by atoms with Gasteiger partial charge in [0.2, 0.25) is 0 Å². The summed E-state index contributed by atoms with van der Waals surface area (Å²) in [6.45, 7) is 3.15. The molecule has 0 amide bonds. The quantitative estimate of drug-likeness (QED) is 0.545. The van der Waals surface area contributed by atoms with Gasteiger partial charge in [-0.3, -0.25) is 0 Å². The van der Waals surface area contributed by atoms with Gasteiger partial charge in [-0.25, -0.2) is 0 Å². The topological polar surface area (TPSA) is 57.2 Å². The normalized spacial score (nSPS) is 18.2. The van der Waals surface area contributed by atoms with Crippen LogP contribution in [0.3, 0.4) is 0 Å². The van der Waals surface area contributed by atoms with Crippen LogP contribution in [0.4, 0.5) is 0 Å². The first kappa shape index (κ1) is 10.9. The average molecular weight is 192 g/mol. The number of aliphatic hydroxyl groups is 1. The Morgan fingerprint density at radius 3 is 2.46 bits per heavy atom. The molecule has 5 nitrogen and oxygen atoms in total. The summed E-state index contributed by atoms with van der Waals surface area (Å²) in [4.78, 5) is 0. The van der Waals surface area contributed by atoms with Crippen molar-refractivity contribution >= 4 is 0 Å². The van der Waals surface area contributed by atoms with Crippen molar-refractivity contribution < 1.29 is 24.1 Å². The van der Waals surface area contributed by atoms with Crippen LogP contribution >= 0.6 is 0 Å². The largest absolute Gasteiger partial charge is 0.394 e. The van der Waals surface area contributed by atoms with Crippen LogP contribution in [0, 0.1) is 0 Å². The van der Waals surface area contributed by atoms with Crippen molar-refractivity contribution in [3.8, 4) is 0 Å². The lowest BCUT2D eigenvalue weighted by Crippen LogP contribution is -2.18. The van der Waals surface area contributed by atoms with Crippen LogP contribution < -0.4 is 0 Å². The van der Waals surface area contributed by atoms with Gasteiger partial charge in [0, 0.05) is 0 Å². The van der Waals surface area contributed by atoms with Crippen LogP contribution in [0.2, 0.25) is 0 Å². The van der Waals surface area contributed by atoms with E-state index in [1.165, 1.54) is 0 Å². The average Bonchev–Trinajstić information content (AvgIpc) is 2.63. The van der Waals surface area contributed by atoms with Gasteiger partial charge in [0.25, 0.3) is 0 Å². The maximum Gasteiger partial charge on any atom is 0.181 e. The Kier molecular flexibility index (Phi) is 6.05. The summed E-state index contributed by atoms with van der Waals surface area (Å²) < 4.78 is 20.5. The minimum Gasteiger partial charge on any atom is -0.394 e. The SMILES string of the molecule is OCCOCCOCC1OCCO1. The molecule has 1 fully saturated rings. The highest BCUT2D eigenvalue weighted by Gasteiger charge is 2.15. The standard InChI is InChI=1S/C8H16O5/c9-1-2-10-3-4-11-7-8-12-5-6-13-8/h8-9H,1-7H2. The van der Waals surface area contributed by atoms with Crippen LogP contribution in [0.15, 0.2) is 0 Å². The molecule has 0 aromatic carbocycles. The molecule has 0 unspecified atom stereocenters. The summed E-state index contributed by atoms with van der Waals surface area (Å²) >= 11 is 0. The van der Waals surface area contributed by atoms with Crippen LogP contribution in [0.5, 0.6) is 0 Å². The molecule has 0 aliphatic carbocycles. The zero-order valence-corrected chi connectivity index (χ0v) is 7.61. The molecule has 0 saturated carbocycles. The fourth-order valence-electron chi connectivity index (χ4n) is 0.967. The Labute approximate surface area is 77.5 Å².